The summed E-state index contributed by atoms with van der Waals surface area (Å²) in [4.78, 5) is 0. The summed E-state index contributed by atoms with van der Waals surface area (Å²) < 4.78 is 0. The van der Waals surface area contributed by atoms with Crippen LogP contribution in [0, 0.1) is 5.41 Å². The van der Waals surface area contributed by atoms with E-state index < -0.39 is 0 Å². The second kappa shape index (κ2) is 4.67. The molecule has 0 spiro atoms. The zero-order valence-electron chi connectivity index (χ0n) is 11.3. The Morgan fingerprint density at radius 1 is 1.22 bits per heavy atom. The van der Waals surface area contributed by atoms with Crippen LogP contribution in [0.5, 0.6) is 0 Å². The van der Waals surface area contributed by atoms with Gasteiger partial charge in [0, 0.05) is 18.6 Å². The molecule has 0 aromatic heterocycles. The zero-order valence-corrected chi connectivity index (χ0v) is 11.3. The molecule has 2 atom stereocenters. The van der Waals surface area contributed by atoms with Gasteiger partial charge in [-0.2, -0.15) is 0 Å². The molecule has 18 heavy (non-hydrogen) atoms. The molecule has 1 saturated carbocycles. The van der Waals surface area contributed by atoms with Crippen LogP contribution in [0.25, 0.3) is 0 Å². The summed E-state index contributed by atoms with van der Waals surface area (Å²) in [5, 5.41) is 3.77. The van der Waals surface area contributed by atoms with Gasteiger partial charge in [-0.05, 0) is 35.8 Å². The smallest absolute Gasteiger partial charge is 0.0341 e. The summed E-state index contributed by atoms with van der Waals surface area (Å²) in [5.74, 6) is 0. The predicted molar refractivity (Wildman–Crippen MR) is 75.3 cm³/mol. The monoisotopic (exact) mass is 244 g/mol. The first-order valence-electron chi connectivity index (χ1n) is 7.26. The highest BCUT2D eigenvalue weighted by Gasteiger charge is 2.32. The van der Waals surface area contributed by atoms with Crippen molar-refractivity contribution in [3.05, 3.63) is 35.4 Å². The van der Waals surface area contributed by atoms with Crippen molar-refractivity contribution in [1.29, 1.82) is 0 Å². The molecule has 1 aromatic rings. The van der Waals surface area contributed by atoms with Gasteiger partial charge in [0.05, 0.1) is 0 Å². The van der Waals surface area contributed by atoms with Gasteiger partial charge in [0.1, 0.15) is 0 Å². The molecular formula is C16H24N2. The third-order valence-corrected chi connectivity index (χ3v) is 4.85. The molecule has 0 saturated heterocycles. The summed E-state index contributed by atoms with van der Waals surface area (Å²) in [6.45, 7) is 3.56. The maximum Gasteiger partial charge on any atom is 0.0341 e. The lowest BCUT2D eigenvalue weighted by Crippen LogP contribution is -2.32. The second-order valence-electron chi connectivity index (χ2n) is 6.42. The Kier molecular flexibility index (Phi) is 3.16. The van der Waals surface area contributed by atoms with Gasteiger partial charge in [-0.1, -0.05) is 44.0 Å². The van der Waals surface area contributed by atoms with Crippen LogP contribution in [0.3, 0.4) is 0 Å². The van der Waals surface area contributed by atoms with Gasteiger partial charge in [-0.3, -0.25) is 0 Å². The fraction of sp³-hybridized carbons (Fsp3) is 0.625. The van der Waals surface area contributed by atoms with Crippen molar-refractivity contribution in [1.82, 2.24) is 5.32 Å². The molecule has 2 heteroatoms. The summed E-state index contributed by atoms with van der Waals surface area (Å²) in [6, 6.07) is 9.32. The summed E-state index contributed by atoms with van der Waals surface area (Å²) >= 11 is 0. The van der Waals surface area contributed by atoms with E-state index in [0.717, 1.165) is 13.0 Å². The largest absolute Gasteiger partial charge is 0.324 e. The van der Waals surface area contributed by atoms with Crippen molar-refractivity contribution in [3.63, 3.8) is 0 Å². The molecule has 0 radical (unpaired) electrons. The highest BCUT2D eigenvalue weighted by Crippen LogP contribution is 2.40. The summed E-state index contributed by atoms with van der Waals surface area (Å²) in [6.07, 6.45) is 6.61. The summed E-state index contributed by atoms with van der Waals surface area (Å²) in [5.41, 5.74) is 9.49. The van der Waals surface area contributed by atoms with Crippen LogP contribution in [-0.4, -0.2) is 6.54 Å². The molecule has 1 aromatic carbocycles. The first-order valence-corrected chi connectivity index (χ1v) is 7.26. The third-order valence-electron chi connectivity index (χ3n) is 4.85. The Bertz CT molecular complexity index is 421. The first-order chi connectivity index (χ1) is 8.68. The van der Waals surface area contributed by atoms with Gasteiger partial charge >= 0.3 is 0 Å². The molecular weight excluding hydrogens is 220 g/mol. The standard InChI is InChI=1S/C16H24N2/c1-16(8-4-5-9-16)11-18-15-10-14(17)12-6-2-3-7-13(12)15/h2-3,6-7,14-15,18H,4-5,8-11,17H2,1H3. The van der Waals surface area contributed by atoms with E-state index in [2.05, 4.69) is 36.5 Å². The fourth-order valence-corrected chi connectivity index (χ4v) is 3.64. The number of rotatable bonds is 3. The van der Waals surface area contributed by atoms with Crippen LogP contribution in [0.4, 0.5) is 0 Å². The SMILES string of the molecule is CC1(CNC2CC(N)c3ccccc32)CCCC1. The Morgan fingerprint density at radius 2 is 1.89 bits per heavy atom. The van der Waals surface area contributed by atoms with Crippen LogP contribution in [0.1, 0.15) is 62.2 Å². The van der Waals surface area contributed by atoms with Crippen molar-refractivity contribution >= 4 is 0 Å². The van der Waals surface area contributed by atoms with Gasteiger partial charge in [0.15, 0.2) is 0 Å². The van der Waals surface area contributed by atoms with E-state index in [1.54, 1.807) is 0 Å². The van der Waals surface area contributed by atoms with Gasteiger partial charge in [0.25, 0.3) is 0 Å². The molecule has 98 valence electrons. The van der Waals surface area contributed by atoms with E-state index in [9.17, 15) is 0 Å². The Hall–Kier alpha value is -0.860. The lowest BCUT2D eigenvalue weighted by molar-refractivity contribution is 0.295. The normalized spacial score (nSPS) is 29.4. The highest BCUT2D eigenvalue weighted by molar-refractivity contribution is 5.37. The lowest BCUT2D eigenvalue weighted by atomic mass is 9.88. The Balaban J connectivity index is 1.68. The maximum absolute atomic E-state index is 6.21. The zero-order chi connectivity index (χ0) is 12.6. The van der Waals surface area contributed by atoms with Gasteiger partial charge in [-0.15, -0.1) is 0 Å². The molecule has 2 unspecified atom stereocenters. The quantitative estimate of drug-likeness (QED) is 0.856. The van der Waals surface area contributed by atoms with Gasteiger partial charge in [-0.25, -0.2) is 0 Å². The van der Waals surface area contributed by atoms with Crippen molar-refractivity contribution in [2.75, 3.05) is 6.54 Å². The maximum atomic E-state index is 6.21. The number of benzene rings is 1. The van der Waals surface area contributed by atoms with Crippen LogP contribution in [0.2, 0.25) is 0 Å². The molecule has 2 nitrogen and oxygen atoms in total. The average molecular weight is 244 g/mol. The molecule has 2 aliphatic rings. The van der Waals surface area contributed by atoms with Crippen LogP contribution in [-0.2, 0) is 0 Å². The Morgan fingerprint density at radius 3 is 2.61 bits per heavy atom. The number of hydrogen-bond donors (Lipinski definition) is 2. The molecule has 0 bridgehead atoms. The minimum absolute atomic E-state index is 0.218. The molecule has 3 rings (SSSR count). The minimum Gasteiger partial charge on any atom is -0.324 e. The van der Waals surface area contributed by atoms with Crippen LogP contribution >= 0.6 is 0 Å². The van der Waals surface area contributed by atoms with E-state index in [-0.39, 0.29) is 6.04 Å². The molecule has 2 aliphatic carbocycles. The second-order valence-corrected chi connectivity index (χ2v) is 6.42. The van der Waals surface area contributed by atoms with Gasteiger partial charge in [0.2, 0.25) is 0 Å². The minimum atomic E-state index is 0.218. The van der Waals surface area contributed by atoms with Crippen molar-refractivity contribution < 1.29 is 0 Å². The van der Waals surface area contributed by atoms with Crippen molar-refractivity contribution in [3.8, 4) is 0 Å². The molecule has 0 heterocycles. The van der Waals surface area contributed by atoms with E-state index in [0.29, 0.717) is 11.5 Å². The van der Waals surface area contributed by atoms with Crippen molar-refractivity contribution in [2.45, 2.75) is 51.1 Å². The Labute approximate surface area is 110 Å². The lowest BCUT2D eigenvalue weighted by Gasteiger charge is -2.26. The predicted octanol–water partition coefficient (Wildman–Crippen LogP) is 3.30. The topological polar surface area (TPSA) is 38.0 Å². The molecule has 3 N–H and O–H groups in total. The first kappa shape index (κ1) is 12.2. The van der Waals surface area contributed by atoms with E-state index >= 15 is 0 Å². The fourth-order valence-electron chi connectivity index (χ4n) is 3.64. The van der Waals surface area contributed by atoms with Crippen LogP contribution in [0.15, 0.2) is 24.3 Å². The van der Waals surface area contributed by atoms with Crippen molar-refractivity contribution in [2.24, 2.45) is 11.1 Å². The highest BCUT2D eigenvalue weighted by atomic mass is 14.9. The van der Waals surface area contributed by atoms with Crippen LogP contribution < -0.4 is 11.1 Å². The van der Waals surface area contributed by atoms with E-state index in [1.165, 1.54) is 36.8 Å². The third kappa shape index (κ3) is 2.19. The number of fused-ring (bicyclic) bond motifs is 1. The van der Waals surface area contributed by atoms with Gasteiger partial charge < -0.3 is 11.1 Å². The number of nitrogens with one attached hydrogen (secondary N) is 1. The number of nitrogens with two attached hydrogens (primary N) is 1. The molecule has 0 amide bonds. The molecule has 1 fully saturated rings. The number of hydrogen-bond acceptors (Lipinski definition) is 2. The van der Waals surface area contributed by atoms with E-state index in [4.69, 9.17) is 5.73 Å². The van der Waals surface area contributed by atoms with E-state index in [1.807, 2.05) is 0 Å². The average Bonchev–Trinajstić information content (AvgIpc) is 2.94. The molecule has 0 aliphatic heterocycles. The summed E-state index contributed by atoms with van der Waals surface area (Å²) in [7, 11) is 0.